The molecule has 2 N–H and O–H groups in total. The van der Waals surface area contributed by atoms with Crippen LogP contribution < -0.4 is 5.32 Å². The predicted molar refractivity (Wildman–Crippen MR) is 88.1 cm³/mol. The number of nitro groups is 1. The lowest BCUT2D eigenvalue weighted by Gasteiger charge is -2.20. The molecule has 1 unspecified atom stereocenters. The van der Waals surface area contributed by atoms with Crippen LogP contribution >= 0.6 is 12.4 Å². The van der Waals surface area contributed by atoms with Crippen LogP contribution in [0.5, 0.6) is 0 Å². The maximum atomic E-state index is 11.9. The van der Waals surface area contributed by atoms with Crippen molar-refractivity contribution in [2.75, 3.05) is 18.9 Å². The van der Waals surface area contributed by atoms with Gasteiger partial charge >= 0.3 is 5.97 Å². The highest BCUT2D eigenvalue weighted by Crippen LogP contribution is 2.21. The Hall–Kier alpha value is -2.19. The number of nitrogens with one attached hydrogen (secondary N) is 1. The number of hydrogen-bond donors (Lipinski definition) is 2. The molecule has 0 aromatic heterocycles. The van der Waals surface area contributed by atoms with Gasteiger partial charge in [-0.1, -0.05) is 0 Å². The van der Waals surface area contributed by atoms with Gasteiger partial charge in [-0.2, -0.15) is 0 Å². The van der Waals surface area contributed by atoms with Crippen molar-refractivity contribution in [1.29, 1.82) is 0 Å². The second-order valence-corrected chi connectivity index (χ2v) is 5.05. The van der Waals surface area contributed by atoms with E-state index < -0.39 is 16.9 Å². The number of carboxylic acid groups (broad SMARTS) is 1. The van der Waals surface area contributed by atoms with E-state index in [1.165, 1.54) is 18.2 Å². The normalized spacial score (nSPS) is 11.5. The number of rotatable bonds is 7. The minimum absolute atomic E-state index is 0. The summed E-state index contributed by atoms with van der Waals surface area (Å²) in [6.07, 6.45) is 0.130. The summed E-state index contributed by atoms with van der Waals surface area (Å²) in [5, 5.41) is 22.2. The lowest BCUT2D eigenvalue weighted by molar-refractivity contribution is -0.384. The molecule has 9 heteroatoms. The number of amides is 1. The molecule has 0 saturated heterocycles. The summed E-state index contributed by atoms with van der Waals surface area (Å²) in [7, 11) is 1.63. The van der Waals surface area contributed by atoms with Gasteiger partial charge in [0.05, 0.1) is 4.92 Å². The number of halogens is 1. The van der Waals surface area contributed by atoms with Gasteiger partial charge in [0.15, 0.2) is 0 Å². The van der Waals surface area contributed by atoms with Crippen LogP contribution in [0.2, 0.25) is 0 Å². The molecule has 0 saturated carbocycles. The van der Waals surface area contributed by atoms with Gasteiger partial charge in [-0.25, -0.2) is 0 Å². The molecule has 0 bridgehead atoms. The second-order valence-electron chi connectivity index (χ2n) is 5.05. The first-order chi connectivity index (χ1) is 10.2. The molecule has 0 aliphatic heterocycles. The topological polar surface area (TPSA) is 113 Å². The minimum Gasteiger partial charge on any atom is -0.480 e. The van der Waals surface area contributed by atoms with Crippen LogP contribution in [0, 0.1) is 17.0 Å². The lowest BCUT2D eigenvalue weighted by atomic mass is 10.1. The lowest BCUT2D eigenvalue weighted by Crippen LogP contribution is -2.37. The molecule has 1 aromatic carbocycles. The van der Waals surface area contributed by atoms with Crippen LogP contribution in [0.4, 0.5) is 11.4 Å². The Morgan fingerprint density at radius 1 is 1.43 bits per heavy atom. The quantitative estimate of drug-likeness (QED) is 0.577. The highest BCUT2D eigenvalue weighted by molar-refractivity contribution is 5.91. The van der Waals surface area contributed by atoms with E-state index in [0.29, 0.717) is 17.8 Å². The molecular formula is C14H20ClN3O5. The number of non-ortho nitro benzene ring substituents is 1. The van der Waals surface area contributed by atoms with Gasteiger partial charge in [-0.3, -0.25) is 24.6 Å². The molecule has 0 fully saturated rings. The van der Waals surface area contributed by atoms with E-state index >= 15 is 0 Å². The van der Waals surface area contributed by atoms with E-state index in [9.17, 15) is 19.7 Å². The van der Waals surface area contributed by atoms with E-state index in [1.807, 2.05) is 0 Å². The number of aliphatic carboxylic acids is 1. The van der Waals surface area contributed by atoms with Crippen molar-refractivity contribution < 1.29 is 19.6 Å². The molecule has 0 spiro atoms. The zero-order valence-corrected chi connectivity index (χ0v) is 13.9. The first kappa shape index (κ1) is 20.8. The molecule has 23 heavy (non-hydrogen) atoms. The number of carboxylic acids is 1. The molecular weight excluding hydrogens is 326 g/mol. The smallest absolute Gasteiger partial charge is 0.320 e. The van der Waals surface area contributed by atoms with Gasteiger partial charge in [0.25, 0.3) is 5.69 Å². The summed E-state index contributed by atoms with van der Waals surface area (Å²) in [5.74, 6) is -1.23. The van der Waals surface area contributed by atoms with Crippen LogP contribution in [-0.4, -0.2) is 46.4 Å². The second kappa shape index (κ2) is 9.06. The third-order valence-electron chi connectivity index (χ3n) is 3.41. The first-order valence-corrected chi connectivity index (χ1v) is 6.70. The van der Waals surface area contributed by atoms with Gasteiger partial charge in [0.2, 0.25) is 5.91 Å². The van der Waals surface area contributed by atoms with E-state index in [-0.39, 0.29) is 30.4 Å². The summed E-state index contributed by atoms with van der Waals surface area (Å²) in [6, 6.07) is 3.51. The standard InChI is InChI=1S/C14H19N3O5.ClH/c1-9-8-11(17(21)22)4-5-12(9)15-13(18)6-7-16(3)10(2)14(19)20;/h4-5,8,10H,6-7H2,1-3H3,(H,15,18)(H,19,20);1H. The monoisotopic (exact) mass is 345 g/mol. The number of benzene rings is 1. The zero-order valence-electron chi connectivity index (χ0n) is 13.1. The SMILES string of the molecule is Cc1cc([N+](=O)[O-])ccc1NC(=O)CCN(C)C(C)C(=O)O.Cl. The molecule has 0 radical (unpaired) electrons. The van der Waals surface area contributed by atoms with Crippen molar-refractivity contribution in [3.8, 4) is 0 Å². The summed E-state index contributed by atoms with van der Waals surface area (Å²) >= 11 is 0. The van der Waals surface area contributed by atoms with Gasteiger partial charge in [0.1, 0.15) is 6.04 Å². The maximum absolute atomic E-state index is 11.9. The molecule has 1 aromatic rings. The van der Waals surface area contributed by atoms with E-state index in [0.717, 1.165) is 0 Å². The van der Waals surface area contributed by atoms with Crippen LogP contribution in [0.1, 0.15) is 18.9 Å². The Kier molecular flexibility index (Phi) is 8.20. The molecule has 8 nitrogen and oxygen atoms in total. The fraction of sp³-hybridized carbons (Fsp3) is 0.429. The van der Waals surface area contributed by atoms with E-state index in [1.54, 1.807) is 25.8 Å². The van der Waals surface area contributed by atoms with Crippen molar-refractivity contribution in [3.63, 3.8) is 0 Å². The van der Waals surface area contributed by atoms with Crippen molar-refractivity contribution in [3.05, 3.63) is 33.9 Å². The summed E-state index contributed by atoms with van der Waals surface area (Å²) in [6.45, 7) is 3.51. The largest absolute Gasteiger partial charge is 0.480 e. The number of carbonyl (C=O) groups excluding carboxylic acids is 1. The van der Waals surface area contributed by atoms with Crippen molar-refractivity contribution in [1.82, 2.24) is 4.90 Å². The number of carbonyl (C=O) groups is 2. The number of nitrogens with zero attached hydrogens (tertiary/aromatic N) is 2. The Morgan fingerprint density at radius 3 is 2.52 bits per heavy atom. The Bertz CT molecular complexity index is 594. The van der Waals surface area contributed by atoms with Crippen LogP contribution in [0.25, 0.3) is 0 Å². The highest BCUT2D eigenvalue weighted by atomic mass is 35.5. The molecule has 1 rings (SSSR count). The molecule has 0 aliphatic carbocycles. The Morgan fingerprint density at radius 2 is 2.04 bits per heavy atom. The van der Waals surface area contributed by atoms with Crippen molar-refractivity contribution in [2.24, 2.45) is 0 Å². The third kappa shape index (κ3) is 6.21. The number of nitro benzene ring substituents is 1. The Labute approximate surface area is 140 Å². The van der Waals surface area contributed by atoms with Gasteiger partial charge < -0.3 is 10.4 Å². The average molecular weight is 346 g/mol. The summed E-state index contributed by atoms with van der Waals surface area (Å²) in [5.41, 5.74) is 1.06. The van der Waals surface area contributed by atoms with Crippen molar-refractivity contribution in [2.45, 2.75) is 26.3 Å². The van der Waals surface area contributed by atoms with E-state index in [4.69, 9.17) is 5.11 Å². The summed E-state index contributed by atoms with van der Waals surface area (Å²) in [4.78, 5) is 34.4. The zero-order chi connectivity index (χ0) is 16.9. The highest BCUT2D eigenvalue weighted by Gasteiger charge is 2.17. The van der Waals surface area contributed by atoms with E-state index in [2.05, 4.69) is 5.32 Å². The van der Waals surface area contributed by atoms with Gasteiger partial charge in [-0.15, -0.1) is 12.4 Å². The number of anilines is 1. The fourth-order valence-corrected chi connectivity index (χ4v) is 1.77. The molecule has 128 valence electrons. The molecule has 0 heterocycles. The van der Waals surface area contributed by atoms with Crippen molar-refractivity contribution >= 4 is 35.7 Å². The molecule has 1 amide bonds. The molecule has 0 aliphatic rings. The minimum atomic E-state index is -0.950. The van der Waals surface area contributed by atoms with Crippen LogP contribution in [0.15, 0.2) is 18.2 Å². The number of likely N-dealkylation sites (N-methyl/N-ethyl adjacent to an activating group) is 1. The average Bonchev–Trinajstić information content (AvgIpc) is 2.45. The predicted octanol–water partition coefficient (Wildman–Crippen LogP) is 2.06. The van der Waals surface area contributed by atoms with Gasteiger partial charge in [-0.05, 0) is 32.5 Å². The van der Waals surface area contributed by atoms with Gasteiger partial charge in [0, 0.05) is 30.8 Å². The maximum Gasteiger partial charge on any atom is 0.320 e. The van der Waals surface area contributed by atoms with Crippen LogP contribution in [-0.2, 0) is 9.59 Å². The first-order valence-electron chi connectivity index (χ1n) is 6.70. The summed E-state index contributed by atoms with van der Waals surface area (Å²) < 4.78 is 0. The number of aryl methyl sites for hydroxylation is 1. The van der Waals surface area contributed by atoms with Crippen LogP contribution in [0.3, 0.4) is 0 Å². The number of hydrogen-bond acceptors (Lipinski definition) is 5. The fourth-order valence-electron chi connectivity index (χ4n) is 1.77. The Balaban J connectivity index is 0.00000484. The molecule has 1 atom stereocenters. The third-order valence-corrected chi connectivity index (χ3v) is 3.41.